The van der Waals surface area contributed by atoms with Crippen LogP contribution in [0.5, 0.6) is 17.2 Å². The van der Waals surface area contributed by atoms with Gasteiger partial charge in [0, 0.05) is 25.8 Å². The van der Waals surface area contributed by atoms with Crippen LogP contribution < -0.4 is 19.5 Å². The lowest BCUT2D eigenvalue weighted by Crippen LogP contribution is -2.34. The maximum atomic E-state index is 5.36. The first-order valence-corrected chi connectivity index (χ1v) is 6.88. The Kier molecular flexibility index (Phi) is 5.49. The summed E-state index contributed by atoms with van der Waals surface area (Å²) >= 11 is 0. The Morgan fingerprint density at radius 2 is 1.65 bits per heavy atom. The van der Waals surface area contributed by atoms with E-state index in [4.69, 9.17) is 18.9 Å². The number of methoxy groups -OCH3 is 3. The molecule has 5 heteroatoms. The number of nitrogens with one attached hydrogen (secondary N) is 1. The predicted molar refractivity (Wildman–Crippen MR) is 76.8 cm³/mol. The first-order chi connectivity index (χ1) is 9.78. The fraction of sp³-hybridized carbons (Fsp3) is 0.600. The van der Waals surface area contributed by atoms with E-state index in [0.29, 0.717) is 23.3 Å². The SMILES string of the molecule is COc1cc(CNC2CCOCC2)cc(OC)c1OC. The average Bonchev–Trinajstić information content (AvgIpc) is 2.52. The van der Waals surface area contributed by atoms with E-state index in [1.165, 1.54) is 0 Å². The van der Waals surface area contributed by atoms with Crippen LogP contribution in [0, 0.1) is 0 Å². The van der Waals surface area contributed by atoms with Gasteiger partial charge in [0.2, 0.25) is 5.75 Å². The molecule has 112 valence electrons. The Balaban J connectivity index is 2.06. The minimum atomic E-state index is 0.517. The molecule has 0 amide bonds. The van der Waals surface area contributed by atoms with Gasteiger partial charge in [0.25, 0.3) is 0 Å². The van der Waals surface area contributed by atoms with Gasteiger partial charge in [-0.3, -0.25) is 0 Å². The molecule has 0 aliphatic carbocycles. The molecule has 1 aliphatic rings. The molecule has 0 atom stereocenters. The zero-order valence-electron chi connectivity index (χ0n) is 12.4. The lowest BCUT2D eigenvalue weighted by Gasteiger charge is -2.23. The molecular weight excluding hydrogens is 258 g/mol. The topological polar surface area (TPSA) is 49.0 Å². The molecule has 1 aliphatic heterocycles. The van der Waals surface area contributed by atoms with Crippen molar-refractivity contribution in [2.75, 3.05) is 34.5 Å². The first-order valence-electron chi connectivity index (χ1n) is 6.88. The molecule has 2 rings (SSSR count). The van der Waals surface area contributed by atoms with E-state index in [-0.39, 0.29) is 0 Å². The van der Waals surface area contributed by atoms with E-state index in [2.05, 4.69) is 5.32 Å². The van der Waals surface area contributed by atoms with Gasteiger partial charge >= 0.3 is 0 Å². The molecular formula is C15H23NO4. The van der Waals surface area contributed by atoms with Crippen molar-refractivity contribution in [1.82, 2.24) is 5.32 Å². The summed E-state index contributed by atoms with van der Waals surface area (Å²) in [7, 11) is 4.88. The Bertz CT molecular complexity index is 405. The third-order valence-electron chi connectivity index (χ3n) is 3.54. The van der Waals surface area contributed by atoms with Crippen LogP contribution in [0.3, 0.4) is 0 Å². The molecule has 0 spiro atoms. The van der Waals surface area contributed by atoms with Gasteiger partial charge in [-0.25, -0.2) is 0 Å². The zero-order chi connectivity index (χ0) is 14.4. The van der Waals surface area contributed by atoms with Gasteiger partial charge in [-0.15, -0.1) is 0 Å². The summed E-state index contributed by atoms with van der Waals surface area (Å²) in [6.07, 6.45) is 2.12. The monoisotopic (exact) mass is 281 g/mol. The molecule has 0 radical (unpaired) electrons. The summed E-state index contributed by atoms with van der Waals surface area (Å²) in [5.41, 5.74) is 1.12. The fourth-order valence-corrected chi connectivity index (χ4v) is 2.40. The second kappa shape index (κ2) is 7.36. The second-order valence-electron chi connectivity index (χ2n) is 4.80. The van der Waals surface area contributed by atoms with E-state index in [9.17, 15) is 0 Å². The number of benzene rings is 1. The molecule has 1 aromatic rings. The quantitative estimate of drug-likeness (QED) is 0.864. The summed E-state index contributed by atoms with van der Waals surface area (Å²) in [6.45, 7) is 2.46. The molecule has 0 unspecified atom stereocenters. The summed E-state index contributed by atoms with van der Waals surface area (Å²) in [5, 5.41) is 3.55. The van der Waals surface area contributed by atoms with Crippen LogP contribution in [0.2, 0.25) is 0 Å². The number of ether oxygens (including phenoxy) is 4. The highest BCUT2D eigenvalue weighted by molar-refractivity contribution is 5.53. The molecule has 1 aromatic carbocycles. The van der Waals surface area contributed by atoms with E-state index >= 15 is 0 Å². The van der Waals surface area contributed by atoms with Crippen molar-refractivity contribution in [3.63, 3.8) is 0 Å². The summed E-state index contributed by atoms with van der Waals surface area (Å²) in [4.78, 5) is 0. The smallest absolute Gasteiger partial charge is 0.203 e. The van der Waals surface area contributed by atoms with Gasteiger partial charge in [-0.2, -0.15) is 0 Å². The van der Waals surface area contributed by atoms with Crippen LogP contribution in [0.15, 0.2) is 12.1 Å². The van der Waals surface area contributed by atoms with Crippen molar-refractivity contribution in [2.24, 2.45) is 0 Å². The van der Waals surface area contributed by atoms with Crippen molar-refractivity contribution >= 4 is 0 Å². The molecule has 1 saturated heterocycles. The van der Waals surface area contributed by atoms with Gasteiger partial charge < -0.3 is 24.3 Å². The standard InChI is InChI=1S/C15H23NO4/c1-17-13-8-11(9-14(18-2)15(13)19-3)10-16-12-4-6-20-7-5-12/h8-9,12,16H,4-7,10H2,1-3H3. The number of rotatable bonds is 6. The van der Waals surface area contributed by atoms with E-state index in [0.717, 1.165) is 38.2 Å². The van der Waals surface area contributed by atoms with Crippen molar-refractivity contribution < 1.29 is 18.9 Å². The van der Waals surface area contributed by atoms with E-state index in [1.807, 2.05) is 12.1 Å². The number of hydrogen-bond donors (Lipinski definition) is 1. The van der Waals surface area contributed by atoms with Crippen molar-refractivity contribution in [3.8, 4) is 17.2 Å². The fourth-order valence-electron chi connectivity index (χ4n) is 2.40. The summed E-state index contributed by atoms with van der Waals surface area (Å²) < 4.78 is 21.4. The van der Waals surface area contributed by atoms with Crippen LogP contribution in [-0.2, 0) is 11.3 Å². The minimum Gasteiger partial charge on any atom is -0.493 e. The molecule has 0 bridgehead atoms. The Morgan fingerprint density at radius 3 is 2.15 bits per heavy atom. The van der Waals surface area contributed by atoms with Gasteiger partial charge in [0.15, 0.2) is 11.5 Å². The third kappa shape index (κ3) is 3.55. The van der Waals surface area contributed by atoms with Crippen LogP contribution >= 0.6 is 0 Å². The molecule has 1 N–H and O–H groups in total. The van der Waals surface area contributed by atoms with Crippen LogP contribution in [0.25, 0.3) is 0 Å². The van der Waals surface area contributed by atoms with E-state index in [1.54, 1.807) is 21.3 Å². The summed E-state index contributed by atoms with van der Waals surface area (Å²) in [6, 6.07) is 4.48. The van der Waals surface area contributed by atoms with Gasteiger partial charge in [-0.1, -0.05) is 0 Å². The maximum Gasteiger partial charge on any atom is 0.203 e. The zero-order valence-corrected chi connectivity index (χ0v) is 12.4. The Morgan fingerprint density at radius 1 is 1.05 bits per heavy atom. The molecule has 0 aromatic heterocycles. The minimum absolute atomic E-state index is 0.517. The molecule has 0 saturated carbocycles. The highest BCUT2D eigenvalue weighted by Gasteiger charge is 2.15. The predicted octanol–water partition coefficient (Wildman–Crippen LogP) is 1.98. The lowest BCUT2D eigenvalue weighted by atomic mass is 10.1. The summed E-state index contributed by atoms with van der Waals surface area (Å²) in [5.74, 6) is 2.01. The highest BCUT2D eigenvalue weighted by Crippen LogP contribution is 2.38. The highest BCUT2D eigenvalue weighted by atomic mass is 16.5. The maximum absolute atomic E-state index is 5.36. The van der Waals surface area contributed by atoms with Gasteiger partial charge in [-0.05, 0) is 30.5 Å². The van der Waals surface area contributed by atoms with Gasteiger partial charge in [0.05, 0.1) is 21.3 Å². The number of hydrogen-bond acceptors (Lipinski definition) is 5. The normalized spacial score (nSPS) is 15.9. The Labute approximate surface area is 120 Å². The first kappa shape index (κ1) is 14.9. The molecule has 1 heterocycles. The van der Waals surface area contributed by atoms with Gasteiger partial charge in [0.1, 0.15) is 0 Å². The third-order valence-corrected chi connectivity index (χ3v) is 3.54. The van der Waals surface area contributed by atoms with Crippen LogP contribution in [0.1, 0.15) is 18.4 Å². The van der Waals surface area contributed by atoms with Crippen molar-refractivity contribution in [3.05, 3.63) is 17.7 Å². The van der Waals surface area contributed by atoms with Crippen LogP contribution in [-0.4, -0.2) is 40.6 Å². The van der Waals surface area contributed by atoms with E-state index < -0.39 is 0 Å². The molecule has 5 nitrogen and oxygen atoms in total. The molecule has 1 fully saturated rings. The lowest BCUT2D eigenvalue weighted by molar-refractivity contribution is 0.0776. The molecule has 20 heavy (non-hydrogen) atoms. The van der Waals surface area contributed by atoms with Crippen molar-refractivity contribution in [1.29, 1.82) is 0 Å². The Hall–Kier alpha value is -1.46. The largest absolute Gasteiger partial charge is 0.493 e. The van der Waals surface area contributed by atoms with Crippen LogP contribution in [0.4, 0.5) is 0 Å². The second-order valence-corrected chi connectivity index (χ2v) is 4.80. The van der Waals surface area contributed by atoms with Crippen molar-refractivity contribution in [2.45, 2.75) is 25.4 Å². The average molecular weight is 281 g/mol.